The van der Waals surface area contributed by atoms with Crippen LogP contribution in [0.4, 0.5) is 0 Å². The van der Waals surface area contributed by atoms with Gasteiger partial charge in [0, 0.05) is 6.54 Å². The van der Waals surface area contributed by atoms with Crippen molar-refractivity contribution in [3.05, 3.63) is 65.7 Å². The number of aliphatic hydroxyl groups excluding tert-OH is 1. The van der Waals surface area contributed by atoms with E-state index >= 15 is 0 Å². The molecule has 0 radical (unpaired) electrons. The van der Waals surface area contributed by atoms with E-state index in [4.69, 9.17) is 4.74 Å². The molecule has 2 aromatic carbocycles. The Kier molecular flexibility index (Phi) is 4.77. The number of nitrogens with one attached hydrogen (secondary N) is 1. The Hall–Kier alpha value is -1.84. The molecule has 0 heterocycles. The molecular formula is C17H21NO2. The van der Waals surface area contributed by atoms with Crippen LogP contribution in [-0.4, -0.2) is 18.8 Å². The minimum Gasteiger partial charge on any atom is -0.497 e. The maximum absolute atomic E-state index is 9.78. The molecule has 0 aliphatic rings. The summed E-state index contributed by atoms with van der Waals surface area (Å²) in [6.07, 6.45) is 0. The normalized spacial score (nSPS) is 13.8. The van der Waals surface area contributed by atoms with Gasteiger partial charge in [-0.1, -0.05) is 42.5 Å². The van der Waals surface area contributed by atoms with Crippen molar-refractivity contribution in [2.45, 2.75) is 19.0 Å². The highest BCUT2D eigenvalue weighted by Gasteiger charge is 2.25. The van der Waals surface area contributed by atoms with Crippen molar-refractivity contribution in [3.8, 4) is 5.75 Å². The van der Waals surface area contributed by atoms with Crippen molar-refractivity contribution < 1.29 is 9.84 Å². The van der Waals surface area contributed by atoms with E-state index in [0.717, 1.165) is 11.3 Å². The quantitative estimate of drug-likeness (QED) is 0.849. The molecule has 0 aromatic heterocycles. The third kappa shape index (κ3) is 3.38. The molecule has 3 heteroatoms. The zero-order chi connectivity index (χ0) is 14.4. The maximum Gasteiger partial charge on any atom is 0.119 e. The van der Waals surface area contributed by atoms with Crippen molar-refractivity contribution >= 4 is 0 Å². The Morgan fingerprint density at radius 3 is 2.50 bits per heavy atom. The summed E-state index contributed by atoms with van der Waals surface area (Å²) in [7, 11) is 1.65. The van der Waals surface area contributed by atoms with Gasteiger partial charge in [0.1, 0.15) is 5.75 Å². The lowest BCUT2D eigenvalue weighted by Gasteiger charge is -2.30. The van der Waals surface area contributed by atoms with E-state index in [0.29, 0.717) is 6.54 Å². The Bertz CT molecular complexity index is 542. The molecule has 0 amide bonds. The van der Waals surface area contributed by atoms with Gasteiger partial charge in [0.2, 0.25) is 0 Å². The first-order valence-corrected chi connectivity index (χ1v) is 6.72. The lowest BCUT2D eigenvalue weighted by molar-refractivity contribution is 0.173. The van der Waals surface area contributed by atoms with Gasteiger partial charge in [-0.15, -0.1) is 0 Å². The zero-order valence-electron chi connectivity index (χ0n) is 12.0. The van der Waals surface area contributed by atoms with Gasteiger partial charge in [0.15, 0.2) is 0 Å². The van der Waals surface area contributed by atoms with Crippen LogP contribution >= 0.6 is 0 Å². The zero-order valence-corrected chi connectivity index (χ0v) is 12.0. The number of aliphatic hydroxyl groups is 1. The molecule has 20 heavy (non-hydrogen) atoms. The highest BCUT2D eigenvalue weighted by Crippen LogP contribution is 2.24. The second-order valence-corrected chi connectivity index (χ2v) is 5.06. The minimum atomic E-state index is -0.496. The summed E-state index contributed by atoms with van der Waals surface area (Å²) in [6, 6.07) is 17.9. The summed E-state index contributed by atoms with van der Waals surface area (Å²) in [5, 5.41) is 13.2. The first-order chi connectivity index (χ1) is 9.68. The molecule has 1 unspecified atom stereocenters. The standard InChI is InChI=1S/C17H21NO2/c1-17(13-19,15-9-6-10-16(11-15)20-2)18-12-14-7-4-3-5-8-14/h3-11,18-19H,12-13H2,1-2H3. The summed E-state index contributed by atoms with van der Waals surface area (Å²) in [6.45, 7) is 2.72. The molecule has 0 fully saturated rings. The highest BCUT2D eigenvalue weighted by molar-refractivity contribution is 5.33. The van der Waals surface area contributed by atoms with E-state index < -0.39 is 5.54 Å². The smallest absolute Gasteiger partial charge is 0.119 e. The molecule has 2 aromatic rings. The van der Waals surface area contributed by atoms with Crippen LogP contribution in [0, 0.1) is 0 Å². The molecule has 1 atom stereocenters. The molecule has 2 rings (SSSR count). The molecule has 0 bridgehead atoms. The van der Waals surface area contributed by atoms with E-state index in [1.54, 1.807) is 7.11 Å². The molecule has 106 valence electrons. The lowest BCUT2D eigenvalue weighted by atomic mass is 9.92. The lowest BCUT2D eigenvalue weighted by Crippen LogP contribution is -2.42. The van der Waals surface area contributed by atoms with Crippen molar-refractivity contribution in [1.82, 2.24) is 5.32 Å². The fraction of sp³-hybridized carbons (Fsp3) is 0.294. The molecular weight excluding hydrogens is 250 g/mol. The largest absolute Gasteiger partial charge is 0.497 e. The fourth-order valence-electron chi connectivity index (χ4n) is 2.11. The van der Waals surface area contributed by atoms with Gasteiger partial charge in [-0.2, -0.15) is 0 Å². The Balaban J connectivity index is 2.15. The SMILES string of the molecule is COc1cccc(C(C)(CO)NCc2ccccc2)c1. The van der Waals surface area contributed by atoms with Gasteiger partial charge in [0.05, 0.1) is 19.3 Å². The van der Waals surface area contributed by atoms with Gasteiger partial charge in [-0.3, -0.25) is 0 Å². The van der Waals surface area contributed by atoms with E-state index in [2.05, 4.69) is 17.4 Å². The Morgan fingerprint density at radius 2 is 1.85 bits per heavy atom. The van der Waals surface area contributed by atoms with Crippen LogP contribution in [-0.2, 0) is 12.1 Å². The van der Waals surface area contributed by atoms with E-state index in [-0.39, 0.29) is 6.61 Å². The van der Waals surface area contributed by atoms with Crippen molar-refractivity contribution in [1.29, 1.82) is 0 Å². The van der Waals surface area contributed by atoms with Gasteiger partial charge < -0.3 is 15.2 Å². The molecule has 0 saturated heterocycles. The van der Waals surface area contributed by atoms with Crippen LogP contribution in [0.25, 0.3) is 0 Å². The highest BCUT2D eigenvalue weighted by atomic mass is 16.5. The number of hydrogen-bond donors (Lipinski definition) is 2. The summed E-state index contributed by atoms with van der Waals surface area (Å²) in [4.78, 5) is 0. The molecule has 3 nitrogen and oxygen atoms in total. The summed E-state index contributed by atoms with van der Waals surface area (Å²) in [5.74, 6) is 0.795. The first-order valence-electron chi connectivity index (χ1n) is 6.72. The second-order valence-electron chi connectivity index (χ2n) is 5.06. The Labute approximate surface area is 120 Å². The predicted molar refractivity (Wildman–Crippen MR) is 80.7 cm³/mol. The number of hydrogen-bond acceptors (Lipinski definition) is 3. The number of benzene rings is 2. The summed E-state index contributed by atoms with van der Waals surface area (Å²) < 4.78 is 5.25. The van der Waals surface area contributed by atoms with E-state index in [9.17, 15) is 5.11 Å². The first kappa shape index (κ1) is 14.6. The van der Waals surface area contributed by atoms with Crippen LogP contribution in [0.5, 0.6) is 5.75 Å². The van der Waals surface area contributed by atoms with Gasteiger partial charge in [-0.25, -0.2) is 0 Å². The molecule has 0 saturated carbocycles. The van der Waals surface area contributed by atoms with Crippen molar-refractivity contribution in [2.75, 3.05) is 13.7 Å². The average Bonchev–Trinajstić information content (AvgIpc) is 2.53. The van der Waals surface area contributed by atoms with E-state index in [1.165, 1.54) is 5.56 Å². The maximum atomic E-state index is 9.78. The predicted octanol–water partition coefficient (Wildman–Crippen LogP) is 2.69. The van der Waals surface area contributed by atoms with Crippen LogP contribution < -0.4 is 10.1 Å². The average molecular weight is 271 g/mol. The van der Waals surface area contributed by atoms with Gasteiger partial charge >= 0.3 is 0 Å². The third-order valence-electron chi connectivity index (χ3n) is 3.55. The van der Waals surface area contributed by atoms with Crippen LogP contribution in [0.1, 0.15) is 18.1 Å². The number of rotatable bonds is 6. The van der Waals surface area contributed by atoms with Gasteiger partial charge in [-0.05, 0) is 30.2 Å². The Morgan fingerprint density at radius 1 is 1.10 bits per heavy atom. The fourth-order valence-corrected chi connectivity index (χ4v) is 2.11. The number of ether oxygens (including phenoxy) is 1. The van der Waals surface area contributed by atoms with Crippen LogP contribution in [0.2, 0.25) is 0 Å². The second kappa shape index (κ2) is 6.55. The van der Waals surface area contributed by atoms with Crippen LogP contribution in [0.15, 0.2) is 54.6 Å². The molecule has 2 N–H and O–H groups in total. The summed E-state index contributed by atoms with van der Waals surface area (Å²) in [5.41, 5.74) is 1.70. The van der Waals surface area contributed by atoms with Crippen LogP contribution in [0.3, 0.4) is 0 Å². The van der Waals surface area contributed by atoms with Crippen molar-refractivity contribution in [3.63, 3.8) is 0 Å². The minimum absolute atomic E-state index is 0.0208. The monoisotopic (exact) mass is 271 g/mol. The third-order valence-corrected chi connectivity index (χ3v) is 3.55. The molecule has 0 aliphatic carbocycles. The molecule has 0 aliphatic heterocycles. The topological polar surface area (TPSA) is 41.5 Å². The van der Waals surface area contributed by atoms with Crippen molar-refractivity contribution in [2.24, 2.45) is 0 Å². The van der Waals surface area contributed by atoms with Gasteiger partial charge in [0.25, 0.3) is 0 Å². The summed E-state index contributed by atoms with van der Waals surface area (Å²) >= 11 is 0. The molecule has 0 spiro atoms. The van der Waals surface area contributed by atoms with E-state index in [1.807, 2.05) is 49.4 Å². The number of methoxy groups -OCH3 is 1.